The first-order valence-electron chi connectivity index (χ1n) is 5.50. The molecule has 1 aliphatic rings. The smallest absolute Gasteiger partial charge is 0.308 e. The first-order chi connectivity index (χ1) is 6.77. The minimum atomic E-state index is -0.0380. The van der Waals surface area contributed by atoms with E-state index in [1.165, 1.54) is 7.11 Å². The van der Waals surface area contributed by atoms with Crippen molar-refractivity contribution in [2.24, 2.45) is 11.8 Å². The van der Waals surface area contributed by atoms with Gasteiger partial charge in [-0.15, -0.1) is 0 Å². The van der Waals surface area contributed by atoms with E-state index in [2.05, 4.69) is 0 Å². The average Bonchev–Trinajstić information content (AvgIpc) is 2.26. The van der Waals surface area contributed by atoms with E-state index in [4.69, 9.17) is 10.5 Å². The zero-order valence-electron chi connectivity index (χ0n) is 8.92. The molecular weight excluding hydrogens is 178 g/mol. The largest absolute Gasteiger partial charge is 0.469 e. The molecule has 0 saturated heterocycles. The van der Waals surface area contributed by atoms with Crippen LogP contribution in [0.5, 0.6) is 0 Å². The monoisotopic (exact) mass is 198 g/mol. The number of nitrogens with one attached hydrogen (secondary N) is 1. The quantitative estimate of drug-likeness (QED) is 0.649. The molecule has 3 nitrogen and oxygen atoms in total. The minimum Gasteiger partial charge on any atom is -0.469 e. The topological polar surface area (TPSA) is 50.1 Å². The summed E-state index contributed by atoms with van der Waals surface area (Å²) in [6, 6.07) is 0. The van der Waals surface area contributed by atoms with Gasteiger partial charge in [0, 0.05) is 6.54 Å². The molecule has 0 aromatic carbocycles. The van der Waals surface area contributed by atoms with Crippen LogP contribution in [-0.4, -0.2) is 19.6 Å². The first-order valence-corrected chi connectivity index (χ1v) is 5.50. The molecule has 0 aromatic rings. The molecule has 0 unspecified atom stereocenters. The van der Waals surface area contributed by atoms with Crippen molar-refractivity contribution in [3.05, 3.63) is 0 Å². The Kier molecular flexibility index (Phi) is 4.94. The van der Waals surface area contributed by atoms with Crippen molar-refractivity contribution in [3.8, 4) is 0 Å². The maximum atomic E-state index is 11.2. The average molecular weight is 198 g/mol. The van der Waals surface area contributed by atoms with E-state index in [0.29, 0.717) is 6.54 Å². The van der Waals surface area contributed by atoms with Gasteiger partial charge in [0.25, 0.3) is 0 Å². The lowest BCUT2D eigenvalue weighted by atomic mass is 9.80. The highest BCUT2D eigenvalue weighted by Gasteiger charge is 2.26. The summed E-state index contributed by atoms with van der Waals surface area (Å²) in [6.45, 7) is 0.539. The molecule has 0 spiro atoms. The van der Waals surface area contributed by atoms with Crippen molar-refractivity contribution < 1.29 is 9.53 Å². The SMILES string of the molecule is COC(=O)C1CCC(CCC[NH])CC1. The molecule has 0 bridgehead atoms. The van der Waals surface area contributed by atoms with Crippen molar-refractivity contribution in [1.29, 1.82) is 0 Å². The molecule has 0 amide bonds. The van der Waals surface area contributed by atoms with Gasteiger partial charge in [0.15, 0.2) is 0 Å². The summed E-state index contributed by atoms with van der Waals surface area (Å²) in [5.74, 6) is 0.859. The van der Waals surface area contributed by atoms with Crippen LogP contribution in [0.15, 0.2) is 0 Å². The Morgan fingerprint density at radius 2 is 2.00 bits per heavy atom. The van der Waals surface area contributed by atoms with E-state index in [9.17, 15) is 4.79 Å². The second-order valence-corrected chi connectivity index (χ2v) is 4.13. The van der Waals surface area contributed by atoms with Gasteiger partial charge in [0.1, 0.15) is 0 Å². The summed E-state index contributed by atoms with van der Waals surface area (Å²) < 4.78 is 4.74. The Labute approximate surface area is 86.0 Å². The predicted octanol–water partition coefficient (Wildman–Crippen LogP) is 2.03. The van der Waals surface area contributed by atoms with Crippen LogP contribution in [-0.2, 0) is 9.53 Å². The molecule has 1 fully saturated rings. The van der Waals surface area contributed by atoms with Crippen molar-refractivity contribution in [2.45, 2.75) is 38.5 Å². The zero-order valence-corrected chi connectivity index (χ0v) is 8.92. The highest BCUT2D eigenvalue weighted by atomic mass is 16.5. The van der Waals surface area contributed by atoms with E-state index in [0.717, 1.165) is 44.4 Å². The maximum Gasteiger partial charge on any atom is 0.308 e. The molecular formula is C11H20NO2. The summed E-state index contributed by atoms with van der Waals surface area (Å²) in [4.78, 5) is 11.2. The highest BCUT2D eigenvalue weighted by molar-refractivity contribution is 5.72. The summed E-state index contributed by atoms with van der Waals surface area (Å²) in [7, 11) is 1.47. The molecule has 81 valence electrons. The van der Waals surface area contributed by atoms with Crippen LogP contribution in [0.1, 0.15) is 38.5 Å². The lowest BCUT2D eigenvalue weighted by molar-refractivity contribution is -0.146. The second kappa shape index (κ2) is 6.02. The van der Waals surface area contributed by atoms with Crippen molar-refractivity contribution in [2.75, 3.05) is 13.7 Å². The van der Waals surface area contributed by atoms with Gasteiger partial charge in [0.05, 0.1) is 13.0 Å². The molecule has 1 saturated carbocycles. The van der Waals surface area contributed by atoms with E-state index in [-0.39, 0.29) is 11.9 Å². The molecule has 1 aliphatic carbocycles. The molecule has 0 aromatic heterocycles. The number of rotatable bonds is 4. The van der Waals surface area contributed by atoms with Crippen LogP contribution in [0.3, 0.4) is 0 Å². The van der Waals surface area contributed by atoms with Gasteiger partial charge in [-0.1, -0.05) is 0 Å². The van der Waals surface area contributed by atoms with Gasteiger partial charge < -0.3 is 4.74 Å². The van der Waals surface area contributed by atoms with Crippen LogP contribution in [0, 0.1) is 11.8 Å². The van der Waals surface area contributed by atoms with Gasteiger partial charge >= 0.3 is 5.97 Å². The number of hydrogen-bond donors (Lipinski definition) is 0. The molecule has 1 N–H and O–H groups in total. The van der Waals surface area contributed by atoms with Crippen molar-refractivity contribution >= 4 is 5.97 Å². The summed E-state index contributed by atoms with van der Waals surface area (Å²) >= 11 is 0. The molecule has 3 heteroatoms. The van der Waals surface area contributed by atoms with E-state index in [1.54, 1.807) is 0 Å². The van der Waals surface area contributed by atoms with Crippen LogP contribution in [0.4, 0.5) is 0 Å². The normalized spacial score (nSPS) is 27.3. The molecule has 1 rings (SSSR count). The lowest BCUT2D eigenvalue weighted by Gasteiger charge is -2.26. The Balaban J connectivity index is 2.20. The van der Waals surface area contributed by atoms with Crippen molar-refractivity contribution in [1.82, 2.24) is 5.73 Å². The van der Waals surface area contributed by atoms with E-state index >= 15 is 0 Å². The predicted molar refractivity (Wildman–Crippen MR) is 54.7 cm³/mol. The third-order valence-electron chi connectivity index (χ3n) is 3.17. The number of carbonyl (C=O) groups excluding carboxylic acids is 1. The Hall–Kier alpha value is -0.570. The fourth-order valence-electron chi connectivity index (χ4n) is 2.24. The van der Waals surface area contributed by atoms with Crippen molar-refractivity contribution in [3.63, 3.8) is 0 Å². The fourth-order valence-corrected chi connectivity index (χ4v) is 2.24. The fraction of sp³-hybridized carbons (Fsp3) is 0.909. The number of methoxy groups -OCH3 is 1. The van der Waals surface area contributed by atoms with Gasteiger partial charge in [0.2, 0.25) is 0 Å². The number of hydrogen-bond acceptors (Lipinski definition) is 2. The molecule has 0 atom stereocenters. The number of esters is 1. The standard InChI is InChI=1S/C11H20NO2/c1-14-11(13)10-6-4-9(5-7-10)3-2-8-12/h9-10,12H,2-8H2,1H3. The van der Waals surface area contributed by atoms with E-state index in [1.807, 2.05) is 0 Å². The molecule has 0 heterocycles. The Bertz CT molecular complexity index is 174. The Morgan fingerprint density at radius 3 is 2.50 bits per heavy atom. The molecule has 1 radical (unpaired) electrons. The zero-order chi connectivity index (χ0) is 10.4. The first kappa shape index (κ1) is 11.5. The van der Waals surface area contributed by atoms with Crippen LogP contribution < -0.4 is 5.73 Å². The summed E-state index contributed by atoms with van der Waals surface area (Å²) in [6.07, 6.45) is 6.41. The van der Waals surface area contributed by atoms with Crippen LogP contribution >= 0.6 is 0 Å². The van der Waals surface area contributed by atoms with Gasteiger partial charge in [-0.05, 0) is 44.4 Å². The van der Waals surface area contributed by atoms with E-state index < -0.39 is 0 Å². The summed E-state index contributed by atoms with van der Waals surface area (Å²) in [5, 5.41) is 0. The number of ether oxygens (including phenoxy) is 1. The maximum absolute atomic E-state index is 11.2. The highest BCUT2D eigenvalue weighted by Crippen LogP contribution is 2.31. The minimum absolute atomic E-state index is 0.0380. The molecule has 0 aliphatic heterocycles. The van der Waals surface area contributed by atoms with Crippen LogP contribution in [0.2, 0.25) is 0 Å². The number of carbonyl (C=O) groups is 1. The van der Waals surface area contributed by atoms with Gasteiger partial charge in [-0.2, -0.15) is 0 Å². The molecule has 14 heavy (non-hydrogen) atoms. The van der Waals surface area contributed by atoms with Crippen LogP contribution in [0.25, 0.3) is 0 Å². The third kappa shape index (κ3) is 3.29. The Morgan fingerprint density at radius 1 is 1.36 bits per heavy atom. The lowest BCUT2D eigenvalue weighted by Crippen LogP contribution is -2.22. The second-order valence-electron chi connectivity index (χ2n) is 4.13. The van der Waals surface area contributed by atoms with Gasteiger partial charge in [-0.25, -0.2) is 0 Å². The van der Waals surface area contributed by atoms with Gasteiger partial charge in [-0.3, -0.25) is 10.5 Å². The summed E-state index contributed by atoms with van der Waals surface area (Å²) in [5.41, 5.74) is 7.08. The third-order valence-corrected chi connectivity index (χ3v) is 3.17.